The molecular weight excluding hydrogens is 292 g/mol. The molecule has 2 aromatic carbocycles. The van der Waals surface area contributed by atoms with Crippen LogP contribution in [-0.4, -0.2) is 25.8 Å². The number of hydrogen-bond donors (Lipinski definition) is 4. The number of amides is 1. The Hall–Kier alpha value is -2.86. The van der Waals surface area contributed by atoms with Crippen molar-refractivity contribution in [3.8, 4) is 5.75 Å². The van der Waals surface area contributed by atoms with Crippen LogP contribution in [0.1, 0.15) is 17.0 Å². The van der Waals surface area contributed by atoms with Gasteiger partial charge in [-0.2, -0.15) is 0 Å². The van der Waals surface area contributed by atoms with Crippen LogP contribution in [0.15, 0.2) is 42.5 Å². The van der Waals surface area contributed by atoms with Gasteiger partial charge in [-0.1, -0.05) is 12.1 Å². The summed E-state index contributed by atoms with van der Waals surface area (Å²) in [7, 11) is 1.57. The van der Waals surface area contributed by atoms with Crippen molar-refractivity contribution in [1.82, 2.24) is 0 Å². The van der Waals surface area contributed by atoms with Crippen molar-refractivity contribution < 1.29 is 9.53 Å². The van der Waals surface area contributed by atoms with Gasteiger partial charge in [-0.3, -0.25) is 4.79 Å². The van der Waals surface area contributed by atoms with E-state index >= 15 is 0 Å². The minimum atomic E-state index is -0.494. The lowest BCUT2D eigenvalue weighted by Crippen LogP contribution is -2.27. The Balaban J connectivity index is 2.21. The molecule has 1 atom stereocenters. The van der Waals surface area contributed by atoms with Crippen LogP contribution in [0, 0.1) is 5.41 Å². The quantitative estimate of drug-likeness (QED) is 0.482. The van der Waals surface area contributed by atoms with Gasteiger partial charge in [-0.25, -0.2) is 0 Å². The molecule has 6 nitrogen and oxygen atoms in total. The van der Waals surface area contributed by atoms with Crippen LogP contribution in [0.5, 0.6) is 5.75 Å². The fourth-order valence-electron chi connectivity index (χ4n) is 2.26. The average Bonchev–Trinajstić information content (AvgIpc) is 2.57. The van der Waals surface area contributed by atoms with E-state index in [2.05, 4.69) is 5.32 Å². The molecule has 2 rings (SSSR count). The Morgan fingerprint density at radius 2 is 2.13 bits per heavy atom. The van der Waals surface area contributed by atoms with Crippen molar-refractivity contribution in [2.45, 2.75) is 5.92 Å². The largest absolute Gasteiger partial charge is 0.497 e. The van der Waals surface area contributed by atoms with Crippen molar-refractivity contribution in [3.05, 3.63) is 53.6 Å². The molecule has 0 fully saturated rings. The minimum absolute atomic E-state index is 0.172. The third-order valence-corrected chi connectivity index (χ3v) is 3.56. The number of rotatable bonds is 6. The standard InChI is InChI=1S/C17H20N4O2/c1-23-14-4-2-3-11(8-14)15(10-19)17(22)21-13-5-6-16(20)12(7-13)9-18/h2-9,15,18H,10,19-20H2,1H3,(H,21,22). The fraction of sp³-hybridized carbons (Fsp3) is 0.176. The van der Waals surface area contributed by atoms with E-state index in [-0.39, 0.29) is 12.5 Å². The number of carbonyl (C=O) groups is 1. The van der Waals surface area contributed by atoms with Crippen LogP contribution in [0.2, 0.25) is 0 Å². The summed E-state index contributed by atoms with van der Waals surface area (Å²) >= 11 is 0. The molecule has 0 aliphatic rings. The van der Waals surface area contributed by atoms with Gasteiger partial charge in [0.2, 0.25) is 5.91 Å². The average molecular weight is 312 g/mol. The normalized spacial score (nSPS) is 11.6. The molecule has 1 amide bonds. The predicted octanol–water partition coefficient (Wildman–Crippen LogP) is 1.96. The number of nitrogen functional groups attached to an aromatic ring is 1. The first-order valence-corrected chi connectivity index (χ1v) is 7.14. The number of nitrogens with two attached hydrogens (primary N) is 2. The van der Waals surface area contributed by atoms with Gasteiger partial charge in [0.25, 0.3) is 0 Å². The van der Waals surface area contributed by atoms with Crippen molar-refractivity contribution in [2.75, 3.05) is 24.7 Å². The van der Waals surface area contributed by atoms with Crippen LogP contribution in [0.3, 0.4) is 0 Å². The van der Waals surface area contributed by atoms with Crippen LogP contribution in [0.4, 0.5) is 11.4 Å². The summed E-state index contributed by atoms with van der Waals surface area (Å²) in [4.78, 5) is 12.5. The van der Waals surface area contributed by atoms with Gasteiger partial charge >= 0.3 is 0 Å². The molecule has 2 aromatic rings. The summed E-state index contributed by atoms with van der Waals surface area (Å²) in [5.41, 5.74) is 13.9. The molecule has 120 valence electrons. The van der Waals surface area contributed by atoms with Crippen LogP contribution < -0.4 is 21.5 Å². The second-order valence-corrected chi connectivity index (χ2v) is 5.04. The predicted molar refractivity (Wildman–Crippen MR) is 92.2 cm³/mol. The Morgan fingerprint density at radius 1 is 1.35 bits per heavy atom. The van der Waals surface area contributed by atoms with Crippen molar-refractivity contribution in [2.24, 2.45) is 5.73 Å². The summed E-state index contributed by atoms with van der Waals surface area (Å²) < 4.78 is 5.18. The highest BCUT2D eigenvalue weighted by Crippen LogP contribution is 2.23. The van der Waals surface area contributed by atoms with E-state index in [1.165, 1.54) is 0 Å². The highest BCUT2D eigenvalue weighted by molar-refractivity contribution is 5.97. The molecule has 0 aliphatic heterocycles. The van der Waals surface area contributed by atoms with Crippen LogP contribution in [-0.2, 0) is 4.79 Å². The number of anilines is 2. The lowest BCUT2D eigenvalue weighted by molar-refractivity contribution is -0.117. The number of nitrogens with one attached hydrogen (secondary N) is 2. The molecule has 0 heterocycles. The van der Waals surface area contributed by atoms with Crippen molar-refractivity contribution >= 4 is 23.5 Å². The van der Waals surface area contributed by atoms with E-state index in [0.717, 1.165) is 11.8 Å². The molecule has 0 spiro atoms. The van der Waals surface area contributed by atoms with Crippen molar-refractivity contribution in [3.63, 3.8) is 0 Å². The molecule has 0 radical (unpaired) electrons. The number of carbonyl (C=O) groups excluding carboxylic acids is 1. The Labute approximate surface area is 135 Å². The van der Waals surface area contributed by atoms with Gasteiger partial charge in [0.1, 0.15) is 5.75 Å². The van der Waals surface area contributed by atoms with Crippen molar-refractivity contribution in [1.29, 1.82) is 5.41 Å². The molecule has 0 aromatic heterocycles. The second kappa shape index (κ2) is 7.42. The van der Waals surface area contributed by atoms with Gasteiger partial charge in [0.15, 0.2) is 0 Å². The van der Waals surface area contributed by atoms with Crippen LogP contribution >= 0.6 is 0 Å². The first-order valence-electron chi connectivity index (χ1n) is 7.14. The van der Waals surface area contributed by atoms with Gasteiger partial charge in [-0.05, 0) is 35.9 Å². The third kappa shape index (κ3) is 3.87. The fourth-order valence-corrected chi connectivity index (χ4v) is 2.26. The highest BCUT2D eigenvalue weighted by atomic mass is 16.5. The molecule has 0 aliphatic carbocycles. The van der Waals surface area contributed by atoms with E-state index in [0.29, 0.717) is 22.7 Å². The highest BCUT2D eigenvalue weighted by Gasteiger charge is 2.20. The van der Waals surface area contributed by atoms with Gasteiger partial charge in [0.05, 0.1) is 13.0 Å². The molecule has 0 saturated carbocycles. The zero-order valence-corrected chi connectivity index (χ0v) is 12.9. The summed E-state index contributed by atoms with van der Waals surface area (Å²) in [6, 6.07) is 12.3. The van der Waals surface area contributed by atoms with Gasteiger partial charge < -0.3 is 26.9 Å². The maximum Gasteiger partial charge on any atom is 0.233 e. The zero-order valence-electron chi connectivity index (χ0n) is 12.9. The van der Waals surface area contributed by atoms with E-state index in [4.69, 9.17) is 21.6 Å². The number of ether oxygens (including phenoxy) is 1. The smallest absolute Gasteiger partial charge is 0.233 e. The molecule has 1 unspecified atom stereocenters. The number of benzene rings is 2. The second-order valence-electron chi connectivity index (χ2n) is 5.04. The lowest BCUT2D eigenvalue weighted by Gasteiger charge is -2.16. The summed E-state index contributed by atoms with van der Waals surface area (Å²) in [5, 5.41) is 10.1. The molecule has 23 heavy (non-hydrogen) atoms. The van der Waals surface area contributed by atoms with E-state index in [9.17, 15) is 4.79 Å². The molecule has 6 N–H and O–H groups in total. The van der Waals surface area contributed by atoms with Crippen LogP contribution in [0.25, 0.3) is 0 Å². The maximum absolute atomic E-state index is 12.5. The van der Waals surface area contributed by atoms with E-state index < -0.39 is 5.92 Å². The SMILES string of the molecule is COc1cccc(C(CN)C(=O)Nc2ccc(N)c(C=N)c2)c1. The minimum Gasteiger partial charge on any atom is -0.497 e. The molecule has 6 heteroatoms. The zero-order chi connectivity index (χ0) is 16.8. The monoisotopic (exact) mass is 312 g/mol. The Bertz CT molecular complexity index is 715. The number of methoxy groups -OCH3 is 1. The maximum atomic E-state index is 12.5. The summed E-state index contributed by atoms with van der Waals surface area (Å²) in [6.07, 6.45) is 1.15. The topological polar surface area (TPSA) is 114 Å². The third-order valence-electron chi connectivity index (χ3n) is 3.56. The van der Waals surface area contributed by atoms with E-state index in [1.807, 2.05) is 18.2 Å². The molecular formula is C17H20N4O2. The Kier molecular flexibility index (Phi) is 5.32. The summed E-state index contributed by atoms with van der Waals surface area (Å²) in [5.74, 6) is -0.0418. The molecule has 0 saturated heterocycles. The van der Waals surface area contributed by atoms with E-state index in [1.54, 1.807) is 31.4 Å². The summed E-state index contributed by atoms with van der Waals surface area (Å²) in [6.45, 7) is 0.172. The molecule has 0 bridgehead atoms. The first kappa shape index (κ1) is 16.5. The Morgan fingerprint density at radius 3 is 2.78 bits per heavy atom. The van der Waals surface area contributed by atoms with Gasteiger partial charge in [-0.15, -0.1) is 0 Å². The van der Waals surface area contributed by atoms with Gasteiger partial charge in [0, 0.05) is 29.7 Å². The lowest BCUT2D eigenvalue weighted by atomic mass is 9.98. The number of hydrogen-bond acceptors (Lipinski definition) is 5. The first-order chi connectivity index (χ1) is 11.1.